The fraction of sp³-hybridized carbons (Fsp3) is 0.320. The first-order valence-electron chi connectivity index (χ1n) is 11.9. The number of carbonyl (C=O) groups is 1. The van der Waals surface area contributed by atoms with Gasteiger partial charge in [-0.2, -0.15) is 0 Å². The van der Waals surface area contributed by atoms with Crippen LogP contribution in [0.25, 0.3) is 0 Å². The SMILES string of the molecule is CCN1C(=O)C(N)CCc2c1ccc(Nc1ncc(Cl)c([AsH]c3ccccc3S(=O)(=O)N(C)C)n1)c2OC. The summed E-state index contributed by atoms with van der Waals surface area (Å²) in [5.74, 6) is 0.773. The van der Waals surface area contributed by atoms with Crippen molar-refractivity contribution in [1.29, 1.82) is 0 Å². The molecule has 202 valence electrons. The van der Waals surface area contributed by atoms with Gasteiger partial charge in [-0.05, 0) is 0 Å². The summed E-state index contributed by atoms with van der Waals surface area (Å²) in [6.45, 7) is 2.40. The van der Waals surface area contributed by atoms with Crippen LogP contribution >= 0.6 is 11.6 Å². The Balaban J connectivity index is 1.69. The second kappa shape index (κ2) is 11.6. The van der Waals surface area contributed by atoms with Crippen molar-refractivity contribution < 1.29 is 17.9 Å². The quantitative estimate of drug-likeness (QED) is 0.359. The predicted octanol–water partition coefficient (Wildman–Crippen LogP) is 1.15. The molecular weight excluding hydrogens is 591 g/mol. The molecule has 3 aromatic rings. The number of amides is 1. The van der Waals surface area contributed by atoms with Crippen LogP contribution in [0.15, 0.2) is 47.5 Å². The summed E-state index contributed by atoms with van der Waals surface area (Å²) < 4.78 is 34.0. The Labute approximate surface area is 234 Å². The van der Waals surface area contributed by atoms with Gasteiger partial charge in [0.05, 0.1) is 0 Å². The number of rotatable bonds is 8. The summed E-state index contributed by atoms with van der Waals surface area (Å²) in [4.78, 5) is 23.6. The van der Waals surface area contributed by atoms with Crippen LogP contribution < -0.4 is 29.5 Å². The summed E-state index contributed by atoms with van der Waals surface area (Å²) in [5.41, 5.74) is 8.40. The van der Waals surface area contributed by atoms with Gasteiger partial charge in [0.1, 0.15) is 0 Å². The van der Waals surface area contributed by atoms with Crippen molar-refractivity contribution in [2.75, 3.05) is 38.0 Å². The second-order valence-corrected chi connectivity index (χ2v) is 14.0. The Hall–Kier alpha value is -2.69. The summed E-state index contributed by atoms with van der Waals surface area (Å²) >= 11 is 5.22. The van der Waals surface area contributed by atoms with E-state index in [9.17, 15) is 13.2 Å². The fourth-order valence-corrected chi connectivity index (χ4v) is 8.74. The van der Waals surface area contributed by atoms with Gasteiger partial charge < -0.3 is 0 Å². The molecule has 0 aliphatic carbocycles. The summed E-state index contributed by atoms with van der Waals surface area (Å²) in [6, 6.07) is 10.0. The average Bonchev–Trinajstić information content (AvgIpc) is 3.01. The fourth-order valence-electron chi connectivity index (χ4n) is 4.27. The minimum absolute atomic E-state index is 0.110. The summed E-state index contributed by atoms with van der Waals surface area (Å²) in [6.07, 6.45) is 2.59. The number of anilines is 3. The molecule has 0 saturated heterocycles. The van der Waals surface area contributed by atoms with Gasteiger partial charge >= 0.3 is 235 Å². The molecule has 0 spiro atoms. The molecular formula is C25H30AsClN6O4S. The molecule has 2 atom stereocenters. The maximum absolute atomic E-state index is 12.9. The monoisotopic (exact) mass is 620 g/mol. The van der Waals surface area contributed by atoms with Gasteiger partial charge in [0, 0.05) is 0 Å². The number of ether oxygens (including phenoxy) is 1. The molecule has 1 amide bonds. The third-order valence-electron chi connectivity index (χ3n) is 6.22. The molecule has 4 rings (SSSR count). The summed E-state index contributed by atoms with van der Waals surface area (Å²) in [5, 5.41) is 3.59. The van der Waals surface area contributed by atoms with Crippen LogP contribution in [0.2, 0.25) is 5.02 Å². The zero-order valence-corrected chi connectivity index (χ0v) is 25.2. The number of hydrogen-bond acceptors (Lipinski definition) is 8. The number of benzene rings is 2. The maximum atomic E-state index is 12.9. The number of carbonyl (C=O) groups excluding carboxylic acids is 1. The second-order valence-electron chi connectivity index (χ2n) is 8.80. The normalized spacial score (nSPS) is 16.1. The van der Waals surface area contributed by atoms with Crippen LogP contribution in [0.4, 0.5) is 17.3 Å². The molecule has 0 radical (unpaired) electrons. The number of sulfonamides is 1. The first kappa shape index (κ1) is 28.3. The molecule has 13 heteroatoms. The zero-order chi connectivity index (χ0) is 27.6. The van der Waals surface area contributed by atoms with Gasteiger partial charge in [-0.25, -0.2) is 0 Å². The van der Waals surface area contributed by atoms with Gasteiger partial charge in [-0.15, -0.1) is 0 Å². The third-order valence-corrected chi connectivity index (χ3v) is 11.9. The molecule has 0 saturated carbocycles. The number of aromatic nitrogens is 2. The van der Waals surface area contributed by atoms with E-state index in [4.69, 9.17) is 22.1 Å². The van der Waals surface area contributed by atoms with Crippen LogP contribution in [0, 0.1) is 0 Å². The van der Waals surface area contributed by atoms with E-state index in [-0.39, 0.29) is 10.8 Å². The topological polar surface area (TPSA) is 131 Å². The van der Waals surface area contributed by atoms with Gasteiger partial charge in [0.15, 0.2) is 0 Å². The Morgan fingerprint density at radius 1 is 1.26 bits per heavy atom. The molecule has 2 unspecified atom stereocenters. The zero-order valence-electron chi connectivity index (χ0n) is 21.5. The van der Waals surface area contributed by atoms with Crippen molar-refractivity contribution in [3.63, 3.8) is 0 Å². The van der Waals surface area contributed by atoms with E-state index in [1.165, 1.54) is 24.6 Å². The van der Waals surface area contributed by atoms with Gasteiger partial charge in [-0.3, -0.25) is 0 Å². The van der Waals surface area contributed by atoms with E-state index >= 15 is 0 Å². The molecule has 0 fully saturated rings. The van der Waals surface area contributed by atoms with E-state index in [1.54, 1.807) is 36.3 Å². The number of hydrogen-bond donors (Lipinski definition) is 2. The van der Waals surface area contributed by atoms with Crippen molar-refractivity contribution in [2.24, 2.45) is 5.73 Å². The van der Waals surface area contributed by atoms with Crippen LogP contribution in [-0.2, 0) is 21.2 Å². The number of nitrogens with one attached hydrogen (secondary N) is 1. The first-order chi connectivity index (χ1) is 18.1. The van der Waals surface area contributed by atoms with Crippen molar-refractivity contribution in [2.45, 2.75) is 30.7 Å². The van der Waals surface area contributed by atoms with Crippen molar-refractivity contribution >= 4 is 69.4 Å². The van der Waals surface area contributed by atoms with E-state index in [0.717, 1.165) is 11.3 Å². The van der Waals surface area contributed by atoms with Crippen molar-refractivity contribution in [3.05, 3.63) is 53.2 Å². The number of methoxy groups -OCH3 is 1. The number of fused-ring (bicyclic) bond motifs is 1. The Morgan fingerprint density at radius 2 is 2.00 bits per heavy atom. The minimum atomic E-state index is -3.63. The van der Waals surface area contributed by atoms with Crippen LogP contribution in [0.3, 0.4) is 0 Å². The van der Waals surface area contributed by atoms with Crippen LogP contribution in [0.1, 0.15) is 18.9 Å². The molecule has 2 heterocycles. The first-order valence-corrected chi connectivity index (χ1v) is 15.8. The molecule has 1 aromatic heterocycles. The molecule has 1 aliphatic heterocycles. The van der Waals surface area contributed by atoms with Gasteiger partial charge in [0.2, 0.25) is 0 Å². The molecule has 2 aromatic carbocycles. The number of nitrogens with zero attached hydrogens (tertiary/aromatic N) is 4. The van der Waals surface area contributed by atoms with E-state index in [1.807, 2.05) is 19.1 Å². The Bertz CT molecular complexity index is 1470. The Kier molecular flexibility index (Phi) is 8.64. The molecule has 3 N–H and O–H groups in total. The number of nitrogens with two attached hydrogens (primary N) is 1. The third kappa shape index (κ3) is 5.53. The van der Waals surface area contributed by atoms with Gasteiger partial charge in [-0.1, -0.05) is 0 Å². The average molecular weight is 621 g/mol. The van der Waals surface area contributed by atoms with Crippen molar-refractivity contribution in [1.82, 2.24) is 14.3 Å². The van der Waals surface area contributed by atoms with E-state index < -0.39 is 31.8 Å². The summed E-state index contributed by atoms with van der Waals surface area (Å²) in [7, 11) is 0.956. The predicted molar refractivity (Wildman–Crippen MR) is 151 cm³/mol. The molecule has 1 aliphatic rings. The molecule has 10 nitrogen and oxygen atoms in total. The van der Waals surface area contributed by atoms with Gasteiger partial charge in [0.25, 0.3) is 0 Å². The number of halogens is 1. The van der Waals surface area contributed by atoms with Crippen LogP contribution in [-0.4, -0.2) is 78.1 Å². The standard InChI is InChI=1S/C25H30AsClN6O4S/c1-5-33-20-13-12-19(22(37-4)15(20)10-11-18(28)24(33)34)30-25-29-14-17(27)23(31-25)26-16-8-6-7-9-21(16)38(35,36)32(2)3/h6-9,12-14,18,26H,5,10-11,28H2,1-4H3,(H,29,30,31). The van der Waals surface area contributed by atoms with Crippen LogP contribution in [0.5, 0.6) is 5.75 Å². The van der Waals surface area contributed by atoms with E-state index in [0.29, 0.717) is 50.6 Å². The molecule has 0 bridgehead atoms. The van der Waals surface area contributed by atoms with E-state index in [2.05, 4.69) is 15.3 Å². The molecule has 38 heavy (non-hydrogen) atoms. The number of likely N-dealkylation sites (N-methyl/N-ethyl adjacent to an activating group) is 1. The van der Waals surface area contributed by atoms with Crippen molar-refractivity contribution in [3.8, 4) is 5.75 Å². The Morgan fingerprint density at radius 3 is 2.68 bits per heavy atom.